The van der Waals surface area contributed by atoms with E-state index in [1.165, 1.54) is 0 Å². The molecule has 0 aliphatic rings. The zero-order valence-corrected chi connectivity index (χ0v) is 10.4. The summed E-state index contributed by atoms with van der Waals surface area (Å²) in [6.07, 6.45) is 1.77. The van der Waals surface area contributed by atoms with Gasteiger partial charge in [0.2, 0.25) is 0 Å². The third-order valence-electron chi connectivity index (χ3n) is 1.67. The van der Waals surface area contributed by atoms with Gasteiger partial charge in [0.1, 0.15) is 5.82 Å². The SMILES string of the molecule is SCc1nccc(-c2cc(Br)cs2)n1. The third kappa shape index (κ3) is 2.16. The van der Waals surface area contributed by atoms with Crippen molar-refractivity contribution in [1.82, 2.24) is 9.97 Å². The van der Waals surface area contributed by atoms with Crippen molar-refractivity contribution in [3.8, 4) is 10.6 Å². The molecule has 2 aromatic heterocycles. The fourth-order valence-electron chi connectivity index (χ4n) is 1.06. The Hall–Kier alpha value is -0.390. The van der Waals surface area contributed by atoms with E-state index in [-0.39, 0.29) is 0 Å². The molecule has 0 aliphatic carbocycles. The van der Waals surface area contributed by atoms with Crippen LogP contribution in [0.4, 0.5) is 0 Å². The Kier molecular flexibility index (Phi) is 3.20. The summed E-state index contributed by atoms with van der Waals surface area (Å²) in [6, 6.07) is 3.96. The van der Waals surface area contributed by atoms with Crippen LogP contribution in [0.15, 0.2) is 28.2 Å². The third-order valence-corrected chi connectivity index (χ3v) is 3.66. The molecule has 2 nitrogen and oxygen atoms in total. The number of rotatable bonds is 2. The molecule has 0 saturated carbocycles. The van der Waals surface area contributed by atoms with Crippen LogP contribution in [0.2, 0.25) is 0 Å². The molecule has 0 saturated heterocycles. The Balaban J connectivity index is 2.41. The maximum Gasteiger partial charge on any atom is 0.138 e. The number of thiol groups is 1. The number of hydrogen-bond donors (Lipinski definition) is 1. The van der Waals surface area contributed by atoms with Crippen LogP contribution in [0.3, 0.4) is 0 Å². The van der Waals surface area contributed by atoms with Crippen LogP contribution in [0.5, 0.6) is 0 Å². The van der Waals surface area contributed by atoms with E-state index in [1.54, 1.807) is 17.5 Å². The lowest BCUT2D eigenvalue weighted by atomic mass is 10.3. The molecular weight excluding hydrogens is 280 g/mol. The summed E-state index contributed by atoms with van der Waals surface area (Å²) in [6.45, 7) is 0. The van der Waals surface area contributed by atoms with E-state index in [2.05, 4.69) is 44.6 Å². The summed E-state index contributed by atoms with van der Waals surface area (Å²) in [5.74, 6) is 1.33. The molecule has 0 N–H and O–H groups in total. The van der Waals surface area contributed by atoms with E-state index in [4.69, 9.17) is 0 Å². The summed E-state index contributed by atoms with van der Waals surface area (Å²) >= 11 is 9.22. The first kappa shape index (κ1) is 10.1. The van der Waals surface area contributed by atoms with Gasteiger partial charge >= 0.3 is 0 Å². The van der Waals surface area contributed by atoms with Crippen LogP contribution in [0.25, 0.3) is 10.6 Å². The quantitative estimate of drug-likeness (QED) is 0.857. The molecule has 14 heavy (non-hydrogen) atoms. The smallest absolute Gasteiger partial charge is 0.138 e. The molecule has 0 unspecified atom stereocenters. The minimum Gasteiger partial charge on any atom is -0.240 e. The molecule has 72 valence electrons. The molecule has 0 amide bonds. The Morgan fingerprint density at radius 1 is 1.50 bits per heavy atom. The highest BCUT2D eigenvalue weighted by atomic mass is 79.9. The van der Waals surface area contributed by atoms with Gasteiger partial charge < -0.3 is 0 Å². The van der Waals surface area contributed by atoms with Crippen molar-refractivity contribution in [3.63, 3.8) is 0 Å². The number of thiophene rings is 1. The number of nitrogens with zero attached hydrogens (tertiary/aromatic N) is 2. The summed E-state index contributed by atoms with van der Waals surface area (Å²) in [5.41, 5.74) is 0.958. The van der Waals surface area contributed by atoms with Crippen molar-refractivity contribution in [2.75, 3.05) is 0 Å². The average molecular weight is 287 g/mol. The minimum atomic E-state index is 0.570. The standard InChI is InChI=1S/C9H7BrN2S2/c10-6-3-8(14-5-6)7-1-2-11-9(4-13)12-7/h1-3,5,13H,4H2. The number of aromatic nitrogens is 2. The van der Waals surface area contributed by atoms with E-state index >= 15 is 0 Å². The molecule has 0 fully saturated rings. The molecule has 0 spiro atoms. The van der Waals surface area contributed by atoms with E-state index in [0.29, 0.717) is 5.75 Å². The average Bonchev–Trinajstić information content (AvgIpc) is 2.65. The van der Waals surface area contributed by atoms with Crippen molar-refractivity contribution in [3.05, 3.63) is 34.0 Å². The zero-order chi connectivity index (χ0) is 9.97. The largest absolute Gasteiger partial charge is 0.240 e. The molecule has 2 aromatic rings. The molecule has 0 radical (unpaired) electrons. The van der Waals surface area contributed by atoms with Gasteiger partial charge in [-0.05, 0) is 28.1 Å². The minimum absolute atomic E-state index is 0.570. The van der Waals surface area contributed by atoms with Gasteiger partial charge in [-0.25, -0.2) is 9.97 Å². The maximum atomic E-state index is 4.38. The first-order valence-electron chi connectivity index (χ1n) is 3.97. The van der Waals surface area contributed by atoms with Crippen LogP contribution >= 0.6 is 39.9 Å². The fourth-order valence-corrected chi connectivity index (χ4v) is 2.61. The topological polar surface area (TPSA) is 25.8 Å². The van der Waals surface area contributed by atoms with Crippen molar-refractivity contribution in [1.29, 1.82) is 0 Å². The highest BCUT2D eigenvalue weighted by Crippen LogP contribution is 2.28. The van der Waals surface area contributed by atoms with Crippen LogP contribution in [-0.4, -0.2) is 9.97 Å². The van der Waals surface area contributed by atoms with Gasteiger partial charge in [-0.1, -0.05) is 0 Å². The lowest BCUT2D eigenvalue weighted by Crippen LogP contribution is -1.91. The van der Waals surface area contributed by atoms with Crippen molar-refractivity contribution >= 4 is 39.9 Å². The van der Waals surface area contributed by atoms with Gasteiger partial charge in [-0.2, -0.15) is 12.6 Å². The van der Waals surface area contributed by atoms with Crippen LogP contribution in [0, 0.1) is 0 Å². The Morgan fingerprint density at radius 3 is 3.00 bits per heavy atom. The van der Waals surface area contributed by atoms with Crippen LogP contribution in [0.1, 0.15) is 5.82 Å². The predicted molar refractivity (Wildman–Crippen MR) is 65.7 cm³/mol. The van der Waals surface area contributed by atoms with Gasteiger partial charge in [-0.15, -0.1) is 11.3 Å². The lowest BCUT2D eigenvalue weighted by Gasteiger charge is -1.98. The number of hydrogen-bond acceptors (Lipinski definition) is 4. The second-order valence-electron chi connectivity index (χ2n) is 2.65. The van der Waals surface area contributed by atoms with E-state index in [9.17, 15) is 0 Å². The van der Waals surface area contributed by atoms with E-state index < -0.39 is 0 Å². The summed E-state index contributed by atoms with van der Waals surface area (Å²) in [5, 5.41) is 2.04. The van der Waals surface area contributed by atoms with Crippen LogP contribution < -0.4 is 0 Å². The number of halogens is 1. The van der Waals surface area contributed by atoms with Crippen molar-refractivity contribution < 1.29 is 0 Å². The van der Waals surface area contributed by atoms with Gasteiger partial charge in [-0.3, -0.25) is 0 Å². The molecule has 5 heteroatoms. The molecule has 0 aromatic carbocycles. The summed E-state index contributed by atoms with van der Waals surface area (Å²) < 4.78 is 1.09. The first-order valence-corrected chi connectivity index (χ1v) is 6.27. The Bertz CT molecular complexity index is 442. The predicted octanol–water partition coefficient (Wildman–Crippen LogP) is 3.40. The highest BCUT2D eigenvalue weighted by Gasteiger charge is 2.03. The molecule has 0 bridgehead atoms. The van der Waals surface area contributed by atoms with Crippen molar-refractivity contribution in [2.45, 2.75) is 5.75 Å². The highest BCUT2D eigenvalue weighted by molar-refractivity contribution is 9.10. The second kappa shape index (κ2) is 4.42. The fraction of sp³-hybridized carbons (Fsp3) is 0.111. The van der Waals surface area contributed by atoms with Crippen LogP contribution in [-0.2, 0) is 5.75 Å². The van der Waals surface area contributed by atoms with E-state index in [0.717, 1.165) is 20.9 Å². The van der Waals surface area contributed by atoms with Gasteiger partial charge in [0.15, 0.2) is 0 Å². The Morgan fingerprint density at radius 2 is 2.36 bits per heavy atom. The molecule has 0 aliphatic heterocycles. The normalized spacial score (nSPS) is 10.4. The van der Waals surface area contributed by atoms with Gasteiger partial charge in [0, 0.05) is 16.0 Å². The zero-order valence-electron chi connectivity index (χ0n) is 7.14. The van der Waals surface area contributed by atoms with Crippen molar-refractivity contribution in [2.24, 2.45) is 0 Å². The Labute approximate surface area is 100.0 Å². The molecule has 2 heterocycles. The maximum absolute atomic E-state index is 4.38. The lowest BCUT2D eigenvalue weighted by molar-refractivity contribution is 1.04. The van der Waals surface area contributed by atoms with Gasteiger partial charge in [0.25, 0.3) is 0 Å². The molecule has 2 rings (SSSR count). The van der Waals surface area contributed by atoms with E-state index in [1.807, 2.05) is 11.4 Å². The molecule has 0 atom stereocenters. The summed E-state index contributed by atoms with van der Waals surface area (Å²) in [7, 11) is 0. The molecular formula is C9H7BrN2S2. The van der Waals surface area contributed by atoms with Gasteiger partial charge in [0.05, 0.1) is 16.3 Å². The monoisotopic (exact) mass is 286 g/mol. The summed E-state index contributed by atoms with van der Waals surface area (Å²) in [4.78, 5) is 9.61. The first-order chi connectivity index (χ1) is 6.79. The second-order valence-corrected chi connectivity index (χ2v) is 4.79.